The molecule has 2 N–H and O–H groups in total. The van der Waals surface area contributed by atoms with Gasteiger partial charge in [0.05, 0.1) is 43.1 Å². The van der Waals surface area contributed by atoms with Gasteiger partial charge in [-0.05, 0) is 61.1 Å². The average molecular weight is 596 g/mol. The number of carbonyl (C=O) groups is 1. The molecule has 0 radical (unpaired) electrons. The van der Waals surface area contributed by atoms with Crippen LogP contribution in [0.5, 0.6) is 11.5 Å². The van der Waals surface area contributed by atoms with Crippen LogP contribution >= 0.6 is 0 Å². The summed E-state index contributed by atoms with van der Waals surface area (Å²) in [7, 11) is 2.54. The van der Waals surface area contributed by atoms with E-state index in [4.69, 9.17) is 14.5 Å². The Labute approximate surface area is 248 Å². The molecule has 0 unspecified atom stereocenters. The first-order valence-electron chi connectivity index (χ1n) is 14.3. The summed E-state index contributed by atoms with van der Waals surface area (Å²) >= 11 is 0. The number of methoxy groups -OCH3 is 2. The smallest absolute Gasteiger partial charge is 0.242 e. The second-order valence-electron chi connectivity index (χ2n) is 10.9. The number of aromatic nitrogens is 2. The number of aryl methyl sites for hydroxylation is 2. The van der Waals surface area contributed by atoms with E-state index in [-0.39, 0.29) is 23.2 Å². The highest BCUT2D eigenvalue weighted by atomic mass is 32.2. The molecule has 1 saturated carbocycles. The van der Waals surface area contributed by atoms with Crippen molar-refractivity contribution in [3.63, 3.8) is 0 Å². The van der Waals surface area contributed by atoms with Gasteiger partial charge in [0.2, 0.25) is 21.9 Å². The molecule has 1 amide bonds. The van der Waals surface area contributed by atoms with Gasteiger partial charge in [0.25, 0.3) is 0 Å². The zero-order valence-electron chi connectivity index (χ0n) is 25.1. The van der Waals surface area contributed by atoms with Crippen LogP contribution in [0.2, 0.25) is 0 Å². The number of sulfonamides is 1. The minimum Gasteiger partial charge on any atom is -0.493 e. The van der Waals surface area contributed by atoms with Crippen LogP contribution in [0.15, 0.2) is 47.5 Å². The standard InChI is InChI=1S/C31H41N5O5S/c1-21-11-14-24(42(38,39)36(2)3)19-26(21)33-27-20-32-31(34-25(27)15-12-22-9-7-6-8-10-22)35-30(37)18-23-13-16-28(40-4)29(17-23)41-5/h11,13-14,16-17,19-20,22,33H,6-10,12,15,18H2,1-5H3,(H,32,34,35,37). The van der Waals surface area contributed by atoms with Crippen molar-refractivity contribution in [3.8, 4) is 11.5 Å². The summed E-state index contributed by atoms with van der Waals surface area (Å²) in [4.78, 5) is 22.3. The van der Waals surface area contributed by atoms with Crippen LogP contribution in [0.1, 0.15) is 55.3 Å². The second kappa shape index (κ2) is 14.0. The lowest BCUT2D eigenvalue weighted by Crippen LogP contribution is -2.22. The van der Waals surface area contributed by atoms with Crippen LogP contribution < -0.4 is 20.1 Å². The number of nitrogens with one attached hydrogen (secondary N) is 2. The zero-order valence-corrected chi connectivity index (χ0v) is 25.9. The Bertz CT molecular complexity index is 1500. The van der Waals surface area contributed by atoms with Crippen molar-refractivity contribution in [1.82, 2.24) is 14.3 Å². The molecule has 0 atom stereocenters. The summed E-state index contributed by atoms with van der Waals surface area (Å²) < 4.78 is 37.3. The number of ether oxygens (including phenoxy) is 2. The molecule has 10 nitrogen and oxygen atoms in total. The van der Waals surface area contributed by atoms with Crippen LogP contribution in [0, 0.1) is 12.8 Å². The van der Waals surface area contributed by atoms with E-state index in [1.54, 1.807) is 50.7 Å². The molecular formula is C31H41N5O5S. The maximum atomic E-state index is 12.9. The Morgan fingerprint density at radius 1 is 1.00 bits per heavy atom. The minimum absolute atomic E-state index is 0.119. The Morgan fingerprint density at radius 2 is 1.74 bits per heavy atom. The minimum atomic E-state index is -3.60. The van der Waals surface area contributed by atoms with Gasteiger partial charge in [0.15, 0.2) is 11.5 Å². The molecule has 1 fully saturated rings. The fraction of sp³-hybridized carbons (Fsp3) is 0.452. The van der Waals surface area contributed by atoms with Crippen LogP contribution in [0.25, 0.3) is 0 Å². The van der Waals surface area contributed by atoms with Crippen LogP contribution in [0.3, 0.4) is 0 Å². The third kappa shape index (κ3) is 7.77. The average Bonchev–Trinajstić information content (AvgIpc) is 2.98. The Kier molecular flexibility index (Phi) is 10.4. The molecule has 3 aromatic rings. The zero-order chi connectivity index (χ0) is 30.3. The molecule has 2 aromatic carbocycles. The molecule has 1 heterocycles. The van der Waals surface area contributed by atoms with Gasteiger partial charge in [-0.1, -0.05) is 44.2 Å². The van der Waals surface area contributed by atoms with E-state index in [0.717, 1.165) is 23.2 Å². The Balaban J connectivity index is 1.57. The predicted octanol–water partition coefficient (Wildman–Crippen LogP) is 5.49. The van der Waals surface area contributed by atoms with Crippen LogP contribution in [-0.2, 0) is 27.7 Å². The number of hydrogen-bond donors (Lipinski definition) is 2. The van der Waals surface area contributed by atoms with Crippen LogP contribution in [-0.4, -0.2) is 56.9 Å². The van der Waals surface area contributed by atoms with Crippen molar-refractivity contribution in [2.24, 2.45) is 5.92 Å². The van der Waals surface area contributed by atoms with Crippen molar-refractivity contribution in [2.75, 3.05) is 38.9 Å². The summed E-state index contributed by atoms with van der Waals surface area (Å²) in [6, 6.07) is 10.4. The van der Waals surface area contributed by atoms with E-state index in [9.17, 15) is 13.2 Å². The highest BCUT2D eigenvalue weighted by Crippen LogP contribution is 2.31. The van der Waals surface area contributed by atoms with E-state index in [2.05, 4.69) is 15.6 Å². The van der Waals surface area contributed by atoms with Gasteiger partial charge in [-0.15, -0.1) is 0 Å². The van der Waals surface area contributed by atoms with Crippen molar-refractivity contribution < 1.29 is 22.7 Å². The van der Waals surface area contributed by atoms with Crippen molar-refractivity contribution >= 4 is 33.3 Å². The molecule has 42 heavy (non-hydrogen) atoms. The number of anilines is 3. The molecule has 1 aliphatic rings. The van der Waals surface area contributed by atoms with E-state index in [0.29, 0.717) is 35.2 Å². The number of rotatable bonds is 12. The van der Waals surface area contributed by atoms with Gasteiger partial charge in [0.1, 0.15) is 0 Å². The topological polar surface area (TPSA) is 123 Å². The molecule has 11 heteroatoms. The molecule has 0 spiro atoms. The molecule has 4 rings (SSSR count). The fourth-order valence-electron chi connectivity index (χ4n) is 5.19. The highest BCUT2D eigenvalue weighted by molar-refractivity contribution is 7.89. The van der Waals surface area contributed by atoms with E-state index < -0.39 is 10.0 Å². The van der Waals surface area contributed by atoms with Gasteiger partial charge in [-0.25, -0.2) is 22.7 Å². The summed E-state index contributed by atoms with van der Waals surface area (Å²) in [6.45, 7) is 1.92. The first kappa shape index (κ1) is 31.2. The molecular weight excluding hydrogens is 554 g/mol. The largest absolute Gasteiger partial charge is 0.493 e. The first-order chi connectivity index (χ1) is 20.1. The van der Waals surface area contributed by atoms with Gasteiger partial charge >= 0.3 is 0 Å². The normalized spacial score (nSPS) is 14.0. The van der Waals surface area contributed by atoms with Gasteiger partial charge in [0, 0.05) is 19.8 Å². The number of amides is 1. The van der Waals surface area contributed by atoms with Crippen LogP contribution in [0.4, 0.5) is 17.3 Å². The van der Waals surface area contributed by atoms with E-state index in [1.807, 2.05) is 13.0 Å². The monoisotopic (exact) mass is 595 g/mol. The first-order valence-corrected chi connectivity index (χ1v) is 15.7. The number of carbonyl (C=O) groups excluding carboxylic acids is 1. The molecule has 1 aromatic heterocycles. The lowest BCUT2D eigenvalue weighted by Gasteiger charge is -2.22. The third-order valence-corrected chi connectivity index (χ3v) is 9.51. The van der Waals surface area contributed by atoms with Crippen molar-refractivity contribution in [3.05, 3.63) is 59.4 Å². The lowest BCUT2D eigenvalue weighted by atomic mass is 9.85. The maximum absolute atomic E-state index is 12.9. The number of hydrogen-bond acceptors (Lipinski definition) is 8. The second-order valence-corrected chi connectivity index (χ2v) is 13.1. The fourth-order valence-corrected chi connectivity index (χ4v) is 6.11. The van der Waals surface area contributed by atoms with E-state index in [1.165, 1.54) is 50.5 Å². The maximum Gasteiger partial charge on any atom is 0.242 e. The summed E-state index contributed by atoms with van der Waals surface area (Å²) in [5.74, 6) is 1.76. The molecule has 0 aliphatic heterocycles. The number of nitrogens with zero attached hydrogens (tertiary/aromatic N) is 3. The van der Waals surface area contributed by atoms with Crippen molar-refractivity contribution in [1.29, 1.82) is 0 Å². The van der Waals surface area contributed by atoms with E-state index >= 15 is 0 Å². The molecule has 1 aliphatic carbocycles. The van der Waals surface area contributed by atoms with Crippen molar-refractivity contribution in [2.45, 2.75) is 63.2 Å². The van der Waals surface area contributed by atoms with Gasteiger partial charge in [-0.3, -0.25) is 10.1 Å². The summed E-state index contributed by atoms with van der Waals surface area (Å²) in [6.07, 6.45) is 9.70. The number of benzene rings is 2. The molecule has 226 valence electrons. The Morgan fingerprint density at radius 3 is 2.43 bits per heavy atom. The molecule has 0 saturated heterocycles. The quantitative estimate of drug-likeness (QED) is 0.282. The summed E-state index contributed by atoms with van der Waals surface area (Å²) in [5, 5.41) is 6.21. The summed E-state index contributed by atoms with van der Waals surface area (Å²) in [5.41, 5.74) is 3.77. The molecule has 0 bridgehead atoms. The predicted molar refractivity (Wildman–Crippen MR) is 164 cm³/mol. The van der Waals surface area contributed by atoms with Gasteiger partial charge < -0.3 is 14.8 Å². The third-order valence-electron chi connectivity index (χ3n) is 7.70. The lowest BCUT2D eigenvalue weighted by molar-refractivity contribution is -0.115. The van der Waals surface area contributed by atoms with Gasteiger partial charge in [-0.2, -0.15) is 0 Å². The highest BCUT2D eigenvalue weighted by Gasteiger charge is 2.20. The SMILES string of the molecule is COc1ccc(CC(=O)Nc2ncc(Nc3cc(S(=O)(=O)N(C)C)ccc3C)c(CCC3CCCCC3)n2)cc1OC. The Hall–Kier alpha value is -3.70.